The molecule has 0 aliphatic carbocycles. The van der Waals surface area contributed by atoms with E-state index in [1.54, 1.807) is 36.4 Å². The van der Waals surface area contributed by atoms with E-state index in [-0.39, 0.29) is 24.6 Å². The number of sulfonamides is 1. The summed E-state index contributed by atoms with van der Waals surface area (Å²) in [6.07, 6.45) is 2.57. The zero-order valence-corrected chi connectivity index (χ0v) is 20.0. The monoisotopic (exact) mass is 529 g/mol. The Labute approximate surface area is 200 Å². The van der Waals surface area contributed by atoms with Crippen molar-refractivity contribution in [3.63, 3.8) is 0 Å². The molecule has 1 heterocycles. The van der Waals surface area contributed by atoms with Gasteiger partial charge >= 0.3 is 0 Å². The fourth-order valence-corrected chi connectivity index (χ4v) is 4.59. The largest absolute Gasteiger partial charge is 0.454 e. The number of hydrogen-bond acceptors (Lipinski definition) is 6. The van der Waals surface area contributed by atoms with E-state index in [0.29, 0.717) is 17.1 Å². The molecule has 0 bridgehead atoms. The summed E-state index contributed by atoms with van der Waals surface area (Å²) in [5.41, 5.74) is 4.39. The molecule has 8 nitrogen and oxygen atoms in total. The van der Waals surface area contributed by atoms with Gasteiger partial charge in [0.1, 0.15) is 0 Å². The maximum Gasteiger partial charge on any atom is 0.273 e. The Balaban J connectivity index is 1.57. The van der Waals surface area contributed by atoms with Crippen molar-refractivity contribution in [2.24, 2.45) is 5.10 Å². The molecule has 33 heavy (non-hydrogen) atoms. The number of rotatable bonds is 7. The predicted octanol–water partition coefficient (Wildman–Crippen LogP) is 3.91. The van der Waals surface area contributed by atoms with Crippen molar-refractivity contribution in [3.05, 3.63) is 87.9 Å². The van der Waals surface area contributed by atoms with Crippen LogP contribution in [0.5, 0.6) is 11.5 Å². The zero-order chi connectivity index (χ0) is 23.4. The van der Waals surface area contributed by atoms with Crippen LogP contribution in [-0.4, -0.2) is 33.6 Å². The molecule has 0 atom stereocenters. The summed E-state index contributed by atoms with van der Waals surface area (Å²) in [6.45, 7) is 0.243. The van der Waals surface area contributed by atoms with Crippen LogP contribution in [0.4, 0.5) is 5.69 Å². The van der Waals surface area contributed by atoms with Crippen molar-refractivity contribution in [2.45, 2.75) is 6.54 Å². The van der Waals surface area contributed by atoms with Gasteiger partial charge in [-0.2, -0.15) is 5.10 Å². The minimum atomic E-state index is -3.66. The van der Waals surface area contributed by atoms with E-state index in [4.69, 9.17) is 9.47 Å². The van der Waals surface area contributed by atoms with Gasteiger partial charge in [0.15, 0.2) is 11.5 Å². The van der Waals surface area contributed by atoms with Crippen LogP contribution in [0.15, 0.2) is 76.3 Å². The molecule has 170 valence electrons. The normalized spacial score (nSPS) is 12.7. The fourth-order valence-electron chi connectivity index (χ4n) is 3.27. The molecular weight excluding hydrogens is 510 g/mol. The molecule has 1 aliphatic rings. The number of para-hydroxylation sites is 1. The van der Waals surface area contributed by atoms with Gasteiger partial charge in [-0.25, -0.2) is 13.8 Å². The number of hydrogen-bond donors (Lipinski definition) is 1. The van der Waals surface area contributed by atoms with E-state index >= 15 is 0 Å². The van der Waals surface area contributed by atoms with E-state index in [0.717, 1.165) is 16.3 Å². The molecule has 0 unspecified atom stereocenters. The zero-order valence-electron chi connectivity index (χ0n) is 17.6. The van der Waals surface area contributed by atoms with E-state index in [9.17, 15) is 13.2 Å². The van der Waals surface area contributed by atoms with Crippen molar-refractivity contribution in [2.75, 3.05) is 17.4 Å². The van der Waals surface area contributed by atoms with Gasteiger partial charge in [0.2, 0.25) is 16.8 Å². The minimum absolute atomic E-state index is 0.0946. The molecule has 0 saturated heterocycles. The van der Waals surface area contributed by atoms with Gasteiger partial charge < -0.3 is 9.47 Å². The average Bonchev–Trinajstić information content (AvgIpc) is 3.24. The smallest absolute Gasteiger partial charge is 0.273 e. The van der Waals surface area contributed by atoms with Crippen LogP contribution in [0.3, 0.4) is 0 Å². The first-order valence-electron chi connectivity index (χ1n) is 9.86. The lowest BCUT2D eigenvalue weighted by molar-refractivity contribution is 0.0955. The Morgan fingerprint density at radius 1 is 1.09 bits per heavy atom. The molecular formula is C23H20BrN3O5S. The lowest BCUT2D eigenvalue weighted by Gasteiger charge is -2.24. The lowest BCUT2D eigenvalue weighted by Crippen LogP contribution is -2.32. The van der Waals surface area contributed by atoms with Crippen LogP contribution < -0.4 is 19.2 Å². The summed E-state index contributed by atoms with van der Waals surface area (Å²) in [5, 5.41) is 4.03. The molecule has 0 fully saturated rings. The topological polar surface area (TPSA) is 97.3 Å². The molecule has 3 aromatic rings. The number of anilines is 1. The average molecular weight is 530 g/mol. The third kappa shape index (κ3) is 5.35. The number of carbonyl (C=O) groups is 1. The Hall–Kier alpha value is -3.37. The van der Waals surface area contributed by atoms with Gasteiger partial charge in [0.25, 0.3) is 5.91 Å². The Kier molecular flexibility index (Phi) is 6.66. The summed E-state index contributed by atoms with van der Waals surface area (Å²) in [4.78, 5) is 12.9. The van der Waals surface area contributed by atoms with Crippen molar-refractivity contribution in [1.29, 1.82) is 0 Å². The standard InChI is InChI=1S/C23H20BrN3O5S/c1-33(29,30)27(14-16-7-3-2-4-8-16)20-10-6-5-9-18(20)23(28)26-25-13-17-11-21-22(12-19(17)24)32-15-31-21/h2-13H,14-15H2,1H3,(H,26,28)/b25-13+. The van der Waals surface area contributed by atoms with Crippen LogP contribution in [0, 0.1) is 0 Å². The minimum Gasteiger partial charge on any atom is -0.454 e. The Morgan fingerprint density at radius 2 is 1.76 bits per heavy atom. The third-order valence-electron chi connectivity index (χ3n) is 4.85. The number of fused-ring (bicyclic) bond motifs is 1. The number of amides is 1. The van der Waals surface area contributed by atoms with E-state index in [1.165, 1.54) is 10.5 Å². The number of nitrogens with zero attached hydrogens (tertiary/aromatic N) is 2. The third-order valence-corrected chi connectivity index (χ3v) is 6.66. The summed E-state index contributed by atoms with van der Waals surface area (Å²) in [6, 6.07) is 19.2. The summed E-state index contributed by atoms with van der Waals surface area (Å²) in [7, 11) is -3.66. The Bertz CT molecular complexity index is 1310. The van der Waals surface area contributed by atoms with Crippen molar-refractivity contribution >= 4 is 43.8 Å². The first kappa shape index (κ1) is 22.8. The second kappa shape index (κ2) is 9.63. The summed E-state index contributed by atoms with van der Waals surface area (Å²) in [5.74, 6) is 0.665. The van der Waals surface area contributed by atoms with Gasteiger partial charge in [-0.1, -0.05) is 42.5 Å². The maximum atomic E-state index is 12.9. The molecule has 0 spiro atoms. The van der Waals surface area contributed by atoms with Gasteiger partial charge in [-0.05, 0) is 45.8 Å². The van der Waals surface area contributed by atoms with Crippen molar-refractivity contribution in [1.82, 2.24) is 5.43 Å². The SMILES string of the molecule is CS(=O)(=O)N(Cc1ccccc1)c1ccccc1C(=O)N/N=C/c1cc2c(cc1Br)OCO2. The second-order valence-corrected chi connectivity index (χ2v) is 9.96. The first-order valence-corrected chi connectivity index (χ1v) is 12.5. The maximum absolute atomic E-state index is 12.9. The number of nitrogens with one attached hydrogen (secondary N) is 1. The number of ether oxygens (including phenoxy) is 2. The molecule has 0 aromatic heterocycles. The van der Waals surface area contributed by atoms with Gasteiger partial charge in [-0.3, -0.25) is 9.10 Å². The molecule has 1 amide bonds. The van der Waals surface area contributed by atoms with E-state index in [2.05, 4.69) is 26.5 Å². The van der Waals surface area contributed by atoms with Crippen molar-refractivity contribution < 1.29 is 22.7 Å². The van der Waals surface area contributed by atoms with Crippen LogP contribution in [0.25, 0.3) is 0 Å². The fraction of sp³-hybridized carbons (Fsp3) is 0.130. The van der Waals surface area contributed by atoms with Gasteiger partial charge in [0, 0.05) is 10.0 Å². The second-order valence-electron chi connectivity index (χ2n) is 7.20. The highest BCUT2D eigenvalue weighted by Crippen LogP contribution is 2.36. The van der Waals surface area contributed by atoms with Crippen LogP contribution >= 0.6 is 15.9 Å². The highest BCUT2D eigenvalue weighted by molar-refractivity contribution is 9.10. The predicted molar refractivity (Wildman–Crippen MR) is 129 cm³/mol. The summed E-state index contributed by atoms with van der Waals surface area (Å²) >= 11 is 3.43. The highest BCUT2D eigenvalue weighted by Gasteiger charge is 2.23. The quantitative estimate of drug-likeness (QED) is 0.369. The van der Waals surface area contributed by atoms with Crippen LogP contribution in [0.2, 0.25) is 0 Å². The highest BCUT2D eigenvalue weighted by atomic mass is 79.9. The molecule has 0 radical (unpaired) electrons. The number of benzene rings is 3. The van der Waals surface area contributed by atoms with Gasteiger partial charge in [0.05, 0.1) is 30.3 Å². The van der Waals surface area contributed by atoms with E-state index in [1.807, 2.05) is 30.3 Å². The molecule has 3 aromatic carbocycles. The molecule has 4 rings (SSSR count). The molecule has 1 N–H and O–H groups in total. The summed E-state index contributed by atoms with van der Waals surface area (Å²) < 4.78 is 37.8. The Morgan fingerprint density at radius 3 is 2.48 bits per heavy atom. The van der Waals surface area contributed by atoms with Crippen molar-refractivity contribution in [3.8, 4) is 11.5 Å². The van der Waals surface area contributed by atoms with Crippen LogP contribution in [0.1, 0.15) is 21.5 Å². The molecule has 10 heteroatoms. The van der Waals surface area contributed by atoms with E-state index < -0.39 is 15.9 Å². The molecule has 0 saturated carbocycles. The first-order chi connectivity index (χ1) is 15.8. The number of hydrazone groups is 1. The van der Waals surface area contributed by atoms with Gasteiger partial charge in [-0.15, -0.1) is 0 Å². The van der Waals surface area contributed by atoms with Crippen LogP contribution in [-0.2, 0) is 16.6 Å². The molecule has 1 aliphatic heterocycles. The lowest BCUT2D eigenvalue weighted by atomic mass is 10.1. The number of carbonyl (C=O) groups excluding carboxylic acids is 1. The number of halogens is 1.